The zero-order chi connectivity index (χ0) is 26.0. The highest BCUT2D eigenvalue weighted by Crippen LogP contribution is 2.46. The summed E-state index contributed by atoms with van der Waals surface area (Å²) in [4.78, 5) is 14.7. The van der Waals surface area contributed by atoms with Gasteiger partial charge < -0.3 is 30.5 Å². The van der Waals surface area contributed by atoms with Crippen LogP contribution in [0.25, 0.3) is 0 Å². The monoisotopic (exact) mass is 503 g/mol. The molecule has 2 fully saturated rings. The van der Waals surface area contributed by atoms with Crippen LogP contribution in [0.2, 0.25) is 0 Å². The number of carbonyl (C=O) groups is 1. The largest absolute Gasteiger partial charge is 0.497 e. The molecule has 1 heterocycles. The Hall–Kier alpha value is -1.83. The molecule has 2 amide bonds. The first-order chi connectivity index (χ1) is 17.4. The van der Waals surface area contributed by atoms with Crippen molar-refractivity contribution in [3.8, 4) is 5.75 Å². The van der Waals surface area contributed by atoms with Crippen LogP contribution in [0.15, 0.2) is 24.3 Å². The predicted octanol–water partition coefficient (Wildman–Crippen LogP) is 4.66. The van der Waals surface area contributed by atoms with Gasteiger partial charge in [0.25, 0.3) is 0 Å². The van der Waals surface area contributed by atoms with E-state index in [0.29, 0.717) is 25.5 Å². The molecule has 36 heavy (non-hydrogen) atoms. The Morgan fingerprint density at radius 3 is 2.64 bits per heavy atom. The minimum atomic E-state index is -1.10. The molecule has 1 saturated carbocycles. The summed E-state index contributed by atoms with van der Waals surface area (Å²) in [6.07, 6.45) is 11.5. The van der Waals surface area contributed by atoms with E-state index in [2.05, 4.69) is 5.32 Å². The molecule has 0 aromatic heterocycles. The number of aliphatic hydroxyl groups is 1. The Balaban J connectivity index is 2.01. The molecule has 1 aliphatic heterocycles. The first-order valence-electron chi connectivity index (χ1n) is 14.0. The van der Waals surface area contributed by atoms with Crippen LogP contribution in [-0.2, 0) is 10.3 Å². The maximum Gasteiger partial charge on any atom is 0.315 e. The van der Waals surface area contributed by atoms with Gasteiger partial charge in [-0.3, -0.25) is 0 Å². The Bertz CT molecular complexity index is 800. The van der Waals surface area contributed by atoms with E-state index in [-0.39, 0.29) is 23.9 Å². The lowest BCUT2D eigenvalue weighted by atomic mass is 9.65. The van der Waals surface area contributed by atoms with Gasteiger partial charge in [0.1, 0.15) is 5.75 Å². The summed E-state index contributed by atoms with van der Waals surface area (Å²) in [5.74, 6) is 1.51. The number of likely N-dealkylation sites (tertiary alicyclic amines) is 1. The molecule has 2 aliphatic rings. The normalized spacial score (nSPS) is 23.7. The second kappa shape index (κ2) is 14.2. The number of primary amides is 1. The van der Waals surface area contributed by atoms with E-state index in [4.69, 9.17) is 15.2 Å². The summed E-state index contributed by atoms with van der Waals surface area (Å²) in [6.45, 7) is 2.12. The van der Waals surface area contributed by atoms with Crippen LogP contribution in [-0.4, -0.2) is 63.0 Å². The van der Waals surface area contributed by atoms with Crippen LogP contribution in [0.3, 0.4) is 0 Å². The average Bonchev–Trinajstić information content (AvgIpc) is 2.91. The number of amides is 2. The zero-order valence-corrected chi connectivity index (χ0v) is 22.7. The van der Waals surface area contributed by atoms with Crippen LogP contribution in [0.4, 0.5) is 4.79 Å². The van der Waals surface area contributed by atoms with Gasteiger partial charge in [-0.05, 0) is 81.6 Å². The quantitative estimate of drug-likeness (QED) is 0.340. The van der Waals surface area contributed by atoms with Crippen molar-refractivity contribution in [2.24, 2.45) is 23.5 Å². The molecular weight excluding hydrogens is 454 g/mol. The van der Waals surface area contributed by atoms with Crippen LogP contribution in [0.5, 0.6) is 5.75 Å². The van der Waals surface area contributed by atoms with Crippen molar-refractivity contribution < 1.29 is 19.4 Å². The van der Waals surface area contributed by atoms with Crippen molar-refractivity contribution >= 4 is 6.03 Å². The minimum Gasteiger partial charge on any atom is -0.497 e. The number of benzene rings is 1. The van der Waals surface area contributed by atoms with E-state index in [1.165, 1.54) is 32.1 Å². The molecule has 4 atom stereocenters. The van der Waals surface area contributed by atoms with E-state index < -0.39 is 5.60 Å². The maximum atomic E-state index is 12.8. The van der Waals surface area contributed by atoms with Gasteiger partial charge >= 0.3 is 6.03 Å². The number of carbonyl (C=O) groups excluding carboxylic acids is 1. The molecule has 1 aliphatic carbocycles. The topological polar surface area (TPSA) is 97.1 Å². The van der Waals surface area contributed by atoms with Crippen molar-refractivity contribution in [1.29, 1.82) is 0 Å². The van der Waals surface area contributed by atoms with E-state index in [9.17, 15) is 9.90 Å². The SMILES string of the molecule is CNC[C@H](CC1CCCCC1)C1C([C@@](O)(CCCCOC)c2cccc(OC)c2)CCCN1C(N)=O. The molecular formula is C29H49N3O4. The molecule has 7 nitrogen and oxygen atoms in total. The van der Waals surface area contributed by atoms with Gasteiger partial charge in [-0.15, -0.1) is 0 Å². The Morgan fingerprint density at radius 1 is 1.19 bits per heavy atom. The lowest BCUT2D eigenvalue weighted by Gasteiger charge is -2.51. The van der Waals surface area contributed by atoms with Gasteiger partial charge in [0, 0.05) is 32.2 Å². The molecule has 204 valence electrons. The molecule has 1 aromatic carbocycles. The molecule has 2 unspecified atom stereocenters. The average molecular weight is 504 g/mol. The maximum absolute atomic E-state index is 12.8. The number of nitrogens with one attached hydrogen (secondary N) is 1. The third-order valence-corrected chi connectivity index (χ3v) is 8.62. The molecule has 0 radical (unpaired) electrons. The van der Waals surface area contributed by atoms with Gasteiger partial charge in [-0.2, -0.15) is 0 Å². The summed E-state index contributed by atoms with van der Waals surface area (Å²) >= 11 is 0. The predicted molar refractivity (Wildman–Crippen MR) is 144 cm³/mol. The number of nitrogens with two attached hydrogens (primary N) is 1. The Labute approximate surface area is 218 Å². The highest BCUT2D eigenvalue weighted by atomic mass is 16.5. The Morgan fingerprint density at radius 2 is 1.97 bits per heavy atom. The summed E-state index contributed by atoms with van der Waals surface area (Å²) in [5.41, 5.74) is 5.77. The van der Waals surface area contributed by atoms with Crippen LogP contribution in [0, 0.1) is 17.8 Å². The van der Waals surface area contributed by atoms with Crippen molar-refractivity contribution in [1.82, 2.24) is 10.2 Å². The number of nitrogens with zero attached hydrogens (tertiary/aromatic N) is 1. The number of piperidine rings is 1. The van der Waals surface area contributed by atoms with Crippen molar-refractivity contribution in [3.05, 3.63) is 29.8 Å². The lowest BCUT2D eigenvalue weighted by molar-refractivity contribution is -0.0936. The fraction of sp³-hybridized carbons (Fsp3) is 0.759. The first-order valence-corrected chi connectivity index (χ1v) is 14.0. The van der Waals surface area contributed by atoms with Gasteiger partial charge in [-0.1, -0.05) is 44.2 Å². The van der Waals surface area contributed by atoms with E-state index in [1.54, 1.807) is 14.2 Å². The van der Waals surface area contributed by atoms with Crippen molar-refractivity contribution in [2.75, 3.05) is 41.0 Å². The number of hydrogen-bond donors (Lipinski definition) is 3. The highest BCUT2D eigenvalue weighted by Gasteiger charge is 2.49. The van der Waals surface area contributed by atoms with E-state index in [1.807, 2.05) is 36.2 Å². The lowest BCUT2D eigenvalue weighted by Crippen LogP contribution is -2.60. The fourth-order valence-corrected chi connectivity index (χ4v) is 6.91. The third kappa shape index (κ3) is 7.14. The number of ether oxygens (including phenoxy) is 2. The highest BCUT2D eigenvalue weighted by molar-refractivity contribution is 5.72. The minimum absolute atomic E-state index is 0.115. The van der Waals surface area contributed by atoms with Gasteiger partial charge in [-0.25, -0.2) is 4.79 Å². The van der Waals surface area contributed by atoms with Crippen molar-refractivity contribution in [2.45, 2.75) is 82.3 Å². The molecule has 0 spiro atoms. The molecule has 7 heteroatoms. The van der Waals surface area contributed by atoms with Crippen LogP contribution >= 0.6 is 0 Å². The second-order valence-electron chi connectivity index (χ2n) is 10.9. The molecule has 1 aromatic rings. The molecule has 4 N–H and O–H groups in total. The van der Waals surface area contributed by atoms with Gasteiger partial charge in [0.2, 0.25) is 0 Å². The second-order valence-corrected chi connectivity index (χ2v) is 10.9. The van der Waals surface area contributed by atoms with E-state index in [0.717, 1.165) is 50.0 Å². The molecule has 0 bridgehead atoms. The standard InChI is InChI=1S/C29H49N3O4/c1-31-21-23(19-22-11-5-4-6-12-22)27-26(15-10-17-32(27)28(30)33)29(34,16-7-8-18-35-2)24-13-9-14-25(20-24)36-3/h9,13-14,20,22-23,26-27,31,34H,4-8,10-12,15-19,21H2,1-3H3,(H2,30,33)/t23-,26?,27?,29+/m0/s1. The number of unbranched alkanes of at least 4 members (excludes halogenated alkanes) is 1. The summed E-state index contributed by atoms with van der Waals surface area (Å²) in [6, 6.07) is 7.34. The number of methoxy groups -OCH3 is 2. The first kappa shape index (κ1) is 28.7. The fourth-order valence-electron chi connectivity index (χ4n) is 6.91. The van der Waals surface area contributed by atoms with E-state index >= 15 is 0 Å². The summed E-state index contributed by atoms with van der Waals surface area (Å²) in [7, 11) is 5.35. The van der Waals surface area contributed by atoms with Crippen molar-refractivity contribution in [3.63, 3.8) is 0 Å². The third-order valence-electron chi connectivity index (χ3n) is 8.62. The molecule has 1 saturated heterocycles. The summed E-state index contributed by atoms with van der Waals surface area (Å²) < 4.78 is 10.8. The Kier molecular flexibility index (Phi) is 11.3. The van der Waals surface area contributed by atoms with Crippen LogP contribution < -0.4 is 15.8 Å². The smallest absolute Gasteiger partial charge is 0.315 e. The number of urea groups is 1. The number of rotatable bonds is 13. The molecule has 3 rings (SSSR count). The zero-order valence-electron chi connectivity index (χ0n) is 22.7. The number of hydrogen-bond acceptors (Lipinski definition) is 5. The van der Waals surface area contributed by atoms with Crippen LogP contribution in [0.1, 0.15) is 76.2 Å². The van der Waals surface area contributed by atoms with Gasteiger partial charge in [0.15, 0.2) is 0 Å². The summed E-state index contributed by atoms with van der Waals surface area (Å²) in [5, 5.41) is 16.0. The van der Waals surface area contributed by atoms with Gasteiger partial charge in [0.05, 0.1) is 12.7 Å².